The lowest BCUT2D eigenvalue weighted by molar-refractivity contribution is -0.142. The molecule has 0 aromatic carbocycles. The van der Waals surface area contributed by atoms with Gasteiger partial charge in [0.1, 0.15) is 12.6 Å². The van der Waals surface area contributed by atoms with Crippen LogP contribution in [0.4, 0.5) is 4.79 Å². The van der Waals surface area contributed by atoms with Gasteiger partial charge in [0.2, 0.25) is 5.91 Å². The van der Waals surface area contributed by atoms with Crippen molar-refractivity contribution in [1.29, 1.82) is 0 Å². The first-order valence-electron chi connectivity index (χ1n) is 6.41. The molecule has 0 saturated carbocycles. The van der Waals surface area contributed by atoms with Crippen molar-refractivity contribution in [3.8, 4) is 0 Å². The summed E-state index contributed by atoms with van der Waals surface area (Å²) in [6.45, 7) is 4.31. The summed E-state index contributed by atoms with van der Waals surface area (Å²) in [6, 6.07) is -1.19. The third-order valence-corrected chi connectivity index (χ3v) is 3.46. The van der Waals surface area contributed by atoms with Crippen LogP contribution in [0.3, 0.4) is 0 Å². The second kappa shape index (κ2) is 6.40. The smallest absolute Gasteiger partial charge is 0.326 e. The molecule has 7 nitrogen and oxygen atoms in total. The first-order valence-corrected chi connectivity index (χ1v) is 6.41. The Morgan fingerprint density at radius 2 is 2.05 bits per heavy atom. The summed E-state index contributed by atoms with van der Waals surface area (Å²) in [5.74, 6) is -1.33. The fourth-order valence-electron chi connectivity index (χ4n) is 2.29. The Morgan fingerprint density at radius 3 is 2.53 bits per heavy atom. The van der Waals surface area contributed by atoms with Crippen molar-refractivity contribution in [2.45, 2.75) is 26.3 Å². The molecule has 0 aromatic rings. The molecule has 108 valence electrons. The number of nitrogens with zero attached hydrogens (tertiary/aromatic N) is 2. The molecule has 0 aliphatic carbocycles. The minimum atomic E-state index is -0.991. The second-order valence-corrected chi connectivity index (χ2v) is 4.71. The summed E-state index contributed by atoms with van der Waals surface area (Å²) < 4.78 is 0. The van der Waals surface area contributed by atoms with Crippen molar-refractivity contribution in [1.82, 2.24) is 15.1 Å². The van der Waals surface area contributed by atoms with Crippen LogP contribution in [0.2, 0.25) is 0 Å². The van der Waals surface area contributed by atoms with E-state index in [9.17, 15) is 19.5 Å². The number of carbonyl (C=O) groups is 3. The number of rotatable bonds is 4. The third-order valence-electron chi connectivity index (χ3n) is 3.46. The summed E-state index contributed by atoms with van der Waals surface area (Å²) in [5.41, 5.74) is 0. The molecule has 0 bridgehead atoms. The zero-order valence-electron chi connectivity index (χ0n) is 11.5. The van der Waals surface area contributed by atoms with Crippen LogP contribution in [0.5, 0.6) is 0 Å². The topological polar surface area (TPSA) is 90.0 Å². The number of nitrogens with one attached hydrogen (secondary N) is 1. The molecule has 2 N–H and O–H groups in total. The molecule has 3 amide bonds. The standard InChI is InChI=1S/C12H21N3O4/c1-4-14(7-9(16)13-3)12(19)15-6-5-8(2)10(15)11(17)18/h8,10H,4-7H2,1-3H3,(H,13,16)(H,17,18). The van der Waals surface area contributed by atoms with Gasteiger partial charge in [0.05, 0.1) is 0 Å². The van der Waals surface area contributed by atoms with Crippen LogP contribution in [0.1, 0.15) is 20.3 Å². The van der Waals surface area contributed by atoms with E-state index < -0.39 is 12.0 Å². The molecule has 1 saturated heterocycles. The lowest BCUT2D eigenvalue weighted by Gasteiger charge is -2.29. The molecule has 1 fully saturated rings. The molecule has 2 unspecified atom stereocenters. The molecule has 0 radical (unpaired) electrons. The van der Waals surface area contributed by atoms with Crippen LogP contribution >= 0.6 is 0 Å². The van der Waals surface area contributed by atoms with E-state index in [1.54, 1.807) is 6.92 Å². The lowest BCUT2D eigenvalue weighted by atomic mass is 10.0. The fourth-order valence-corrected chi connectivity index (χ4v) is 2.29. The van der Waals surface area contributed by atoms with Gasteiger partial charge in [-0.2, -0.15) is 0 Å². The predicted octanol–water partition coefficient (Wildman–Crippen LogP) is -0.0307. The molecule has 1 aliphatic rings. The Hall–Kier alpha value is -1.79. The monoisotopic (exact) mass is 271 g/mol. The second-order valence-electron chi connectivity index (χ2n) is 4.71. The van der Waals surface area contributed by atoms with E-state index in [1.165, 1.54) is 16.8 Å². The number of carboxylic acids is 1. The van der Waals surface area contributed by atoms with Crippen molar-refractivity contribution >= 4 is 17.9 Å². The van der Waals surface area contributed by atoms with Gasteiger partial charge in [0.25, 0.3) is 0 Å². The van der Waals surface area contributed by atoms with Gasteiger partial charge in [-0.15, -0.1) is 0 Å². The number of amides is 3. The largest absolute Gasteiger partial charge is 0.480 e. The highest BCUT2D eigenvalue weighted by atomic mass is 16.4. The number of carboxylic acid groups (broad SMARTS) is 1. The first kappa shape index (κ1) is 15.3. The van der Waals surface area contributed by atoms with Crippen molar-refractivity contribution in [2.24, 2.45) is 5.92 Å². The molecular weight excluding hydrogens is 250 g/mol. The third kappa shape index (κ3) is 3.36. The molecular formula is C12H21N3O4. The molecule has 7 heteroatoms. The van der Waals surface area contributed by atoms with Crippen LogP contribution in [-0.2, 0) is 9.59 Å². The fraction of sp³-hybridized carbons (Fsp3) is 0.750. The van der Waals surface area contributed by atoms with Gasteiger partial charge in [0, 0.05) is 20.1 Å². The van der Waals surface area contributed by atoms with E-state index in [0.717, 1.165) is 0 Å². The number of carbonyl (C=O) groups excluding carboxylic acids is 2. The van der Waals surface area contributed by atoms with E-state index in [-0.39, 0.29) is 24.4 Å². The number of hydrogen-bond donors (Lipinski definition) is 2. The summed E-state index contributed by atoms with van der Waals surface area (Å²) in [6.07, 6.45) is 0.667. The minimum absolute atomic E-state index is 0.0525. The van der Waals surface area contributed by atoms with Gasteiger partial charge in [-0.3, -0.25) is 4.79 Å². The maximum Gasteiger partial charge on any atom is 0.326 e. The Bertz CT molecular complexity index is 372. The summed E-state index contributed by atoms with van der Waals surface area (Å²) >= 11 is 0. The normalized spacial score (nSPS) is 22.2. The number of likely N-dealkylation sites (tertiary alicyclic amines) is 1. The van der Waals surface area contributed by atoms with E-state index in [1.807, 2.05) is 6.92 Å². The average Bonchev–Trinajstić information content (AvgIpc) is 2.76. The summed E-state index contributed by atoms with van der Waals surface area (Å²) in [7, 11) is 1.50. The molecule has 1 heterocycles. The number of hydrogen-bond acceptors (Lipinski definition) is 3. The van der Waals surface area contributed by atoms with Crippen molar-refractivity contribution in [3.05, 3.63) is 0 Å². The molecule has 19 heavy (non-hydrogen) atoms. The van der Waals surface area contributed by atoms with Gasteiger partial charge >= 0.3 is 12.0 Å². The Kier molecular flexibility index (Phi) is 5.14. The Labute approximate surface area is 112 Å². The molecule has 1 rings (SSSR count). The van der Waals surface area contributed by atoms with E-state index in [2.05, 4.69) is 5.32 Å². The Morgan fingerprint density at radius 1 is 1.42 bits per heavy atom. The van der Waals surface area contributed by atoms with Crippen LogP contribution < -0.4 is 5.32 Å². The maximum atomic E-state index is 12.3. The summed E-state index contributed by atoms with van der Waals surface area (Å²) in [4.78, 5) is 37.6. The highest BCUT2D eigenvalue weighted by Crippen LogP contribution is 2.25. The summed E-state index contributed by atoms with van der Waals surface area (Å²) in [5, 5.41) is 11.6. The molecule has 0 aromatic heterocycles. The van der Waals surface area contributed by atoms with E-state index in [0.29, 0.717) is 19.5 Å². The Balaban J connectivity index is 2.79. The van der Waals surface area contributed by atoms with Gasteiger partial charge < -0.3 is 20.2 Å². The SMILES string of the molecule is CCN(CC(=O)NC)C(=O)N1CCC(C)C1C(=O)O. The first-order chi connectivity index (χ1) is 8.92. The number of likely N-dealkylation sites (N-methyl/N-ethyl adjacent to an activating group) is 2. The van der Waals surface area contributed by atoms with Crippen LogP contribution in [-0.4, -0.2) is 65.5 Å². The van der Waals surface area contributed by atoms with E-state index in [4.69, 9.17) is 0 Å². The molecule has 1 aliphatic heterocycles. The zero-order chi connectivity index (χ0) is 14.6. The quantitative estimate of drug-likeness (QED) is 0.751. The van der Waals surface area contributed by atoms with Crippen LogP contribution in [0.15, 0.2) is 0 Å². The number of urea groups is 1. The van der Waals surface area contributed by atoms with Gasteiger partial charge in [-0.05, 0) is 19.3 Å². The van der Waals surface area contributed by atoms with Crippen LogP contribution in [0.25, 0.3) is 0 Å². The van der Waals surface area contributed by atoms with Gasteiger partial charge in [0.15, 0.2) is 0 Å². The van der Waals surface area contributed by atoms with Crippen molar-refractivity contribution in [2.75, 3.05) is 26.7 Å². The molecule has 2 atom stereocenters. The molecule has 0 spiro atoms. The zero-order valence-corrected chi connectivity index (χ0v) is 11.5. The van der Waals surface area contributed by atoms with E-state index >= 15 is 0 Å². The highest BCUT2D eigenvalue weighted by Gasteiger charge is 2.41. The lowest BCUT2D eigenvalue weighted by Crippen LogP contribution is -2.51. The van der Waals surface area contributed by atoms with Crippen LogP contribution in [0, 0.1) is 5.92 Å². The van der Waals surface area contributed by atoms with Crippen molar-refractivity contribution < 1.29 is 19.5 Å². The highest BCUT2D eigenvalue weighted by molar-refractivity contribution is 5.87. The maximum absolute atomic E-state index is 12.3. The average molecular weight is 271 g/mol. The minimum Gasteiger partial charge on any atom is -0.480 e. The number of aliphatic carboxylic acids is 1. The van der Waals surface area contributed by atoms with Gasteiger partial charge in [-0.1, -0.05) is 6.92 Å². The van der Waals surface area contributed by atoms with Gasteiger partial charge in [-0.25, -0.2) is 9.59 Å². The van der Waals surface area contributed by atoms with Crippen molar-refractivity contribution in [3.63, 3.8) is 0 Å². The predicted molar refractivity (Wildman–Crippen MR) is 68.6 cm³/mol.